The predicted octanol–water partition coefficient (Wildman–Crippen LogP) is 6.32. The van der Waals surface area contributed by atoms with Gasteiger partial charge in [-0.1, -0.05) is 18.2 Å². The van der Waals surface area contributed by atoms with Gasteiger partial charge in [-0.25, -0.2) is 4.79 Å². The molecule has 1 N–H and O–H groups in total. The Morgan fingerprint density at radius 1 is 0.867 bits per heavy atom. The number of esters is 2. The molecule has 10 heteroatoms. The van der Waals surface area contributed by atoms with Gasteiger partial charge in [-0.3, -0.25) is 9.59 Å². The molecule has 1 fully saturated rings. The maximum Gasteiger partial charge on any atom is 0.335 e. The molecule has 10 nitrogen and oxygen atoms in total. The minimum absolute atomic E-state index is 0.115. The van der Waals surface area contributed by atoms with Crippen molar-refractivity contribution in [2.45, 2.75) is 64.4 Å². The highest BCUT2D eigenvalue weighted by atomic mass is 16.7. The number of carboxylic acids is 1. The van der Waals surface area contributed by atoms with Gasteiger partial charge >= 0.3 is 17.9 Å². The van der Waals surface area contributed by atoms with Crippen molar-refractivity contribution >= 4 is 17.9 Å². The SMILES string of the molecule is CCOC(=O)CCCOc1cccc(C2CC(Oc3cc(C(=O)O)cc(-c4ccc5c(c4)OCO5)c3)C2)c1CCC(=O)OCC. The Bertz CT molecular complexity index is 1520. The van der Waals surface area contributed by atoms with Crippen molar-refractivity contribution in [3.05, 3.63) is 71.3 Å². The van der Waals surface area contributed by atoms with Crippen LogP contribution in [0, 0.1) is 0 Å². The number of ether oxygens (including phenoxy) is 6. The zero-order valence-electron chi connectivity index (χ0n) is 25.5. The lowest BCUT2D eigenvalue weighted by Crippen LogP contribution is -2.33. The van der Waals surface area contributed by atoms with Crippen molar-refractivity contribution in [1.82, 2.24) is 0 Å². The molecule has 45 heavy (non-hydrogen) atoms. The summed E-state index contributed by atoms with van der Waals surface area (Å²) in [6, 6.07) is 16.4. The highest BCUT2D eigenvalue weighted by Gasteiger charge is 2.34. The average Bonchev–Trinajstić information content (AvgIpc) is 3.48. The fraction of sp³-hybridized carbons (Fsp3) is 0.400. The second-order valence-corrected chi connectivity index (χ2v) is 10.9. The largest absolute Gasteiger partial charge is 0.493 e. The van der Waals surface area contributed by atoms with Crippen LogP contribution >= 0.6 is 0 Å². The van der Waals surface area contributed by atoms with Crippen molar-refractivity contribution in [2.24, 2.45) is 0 Å². The molecule has 5 rings (SSSR count). The van der Waals surface area contributed by atoms with E-state index in [1.54, 1.807) is 32.0 Å². The third kappa shape index (κ3) is 8.06. The van der Waals surface area contributed by atoms with Crippen LogP contribution in [0.3, 0.4) is 0 Å². The summed E-state index contributed by atoms with van der Waals surface area (Å²) in [7, 11) is 0. The van der Waals surface area contributed by atoms with Gasteiger partial charge in [0.1, 0.15) is 11.5 Å². The topological polar surface area (TPSA) is 127 Å². The van der Waals surface area contributed by atoms with Crippen LogP contribution in [0.5, 0.6) is 23.0 Å². The van der Waals surface area contributed by atoms with Crippen LogP contribution in [0.15, 0.2) is 54.6 Å². The van der Waals surface area contributed by atoms with Gasteiger partial charge in [0, 0.05) is 12.8 Å². The van der Waals surface area contributed by atoms with E-state index >= 15 is 0 Å². The standard InChI is InChI=1S/C35H38O10/c1-3-40-33(36)9-6-14-42-30-8-5-7-28(29(30)11-13-34(37)41-4-2)24-17-27(18-24)45-26-16-23(15-25(19-26)35(38)39)22-10-12-31-32(20-22)44-21-43-31/h5,7-8,10,12,15-16,19-20,24,27H,3-4,6,9,11,13-14,17-18,21H2,1-2H3,(H,38,39). The number of carbonyl (C=O) groups excluding carboxylic acids is 2. The Morgan fingerprint density at radius 2 is 1.62 bits per heavy atom. The van der Waals surface area contributed by atoms with E-state index in [0.717, 1.165) is 29.5 Å². The van der Waals surface area contributed by atoms with Gasteiger partial charge in [-0.2, -0.15) is 0 Å². The second-order valence-electron chi connectivity index (χ2n) is 10.9. The number of hydrogen-bond donors (Lipinski definition) is 1. The van der Waals surface area contributed by atoms with Crippen molar-refractivity contribution < 1.29 is 47.9 Å². The smallest absolute Gasteiger partial charge is 0.335 e. The van der Waals surface area contributed by atoms with Crippen LogP contribution in [0.4, 0.5) is 0 Å². The monoisotopic (exact) mass is 618 g/mol. The molecule has 2 aliphatic rings. The van der Waals surface area contributed by atoms with Crippen LogP contribution in [0.25, 0.3) is 11.1 Å². The molecule has 1 heterocycles. The lowest BCUT2D eigenvalue weighted by atomic mass is 9.75. The van der Waals surface area contributed by atoms with Gasteiger partial charge in [0.25, 0.3) is 0 Å². The fourth-order valence-corrected chi connectivity index (χ4v) is 5.60. The average molecular weight is 619 g/mol. The molecule has 238 valence electrons. The van der Waals surface area contributed by atoms with E-state index in [1.807, 2.05) is 30.3 Å². The molecule has 0 unspecified atom stereocenters. The molecule has 3 aromatic rings. The first-order chi connectivity index (χ1) is 21.8. The molecule has 0 spiro atoms. The molecule has 1 aliphatic carbocycles. The van der Waals surface area contributed by atoms with E-state index in [1.165, 1.54) is 0 Å². The van der Waals surface area contributed by atoms with Crippen molar-refractivity contribution in [2.75, 3.05) is 26.6 Å². The predicted molar refractivity (Wildman–Crippen MR) is 164 cm³/mol. The Labute approximate surface area is 262 Å². The minimum atomic E-state index is -1.04. The number of aromatic carboxylic acids is 1. The summed E-state index contributed by atoms with van der Waals surface area (Å²) in [5.41, 5.74) is 3.66. The van der Waals surface area contributed by atoms with Crippen molar-refractivity contribution in [3.63, 3.8) is 0 Å². The second kappa shape index (κ2) is 14.8. The van der Waals surface area contributed by atoms with Crippen LogP contribution in [0.1, 0.15) is 73.4 Å². The third-order valence-corrected chi connectivity index (χ3v) is 7.84. The zero-order valence-corrected chi connectivity index (χ0v) is 25.5. The first-order valence-corrected chi connectivity index (χ1v) is 15.4. The summed E-state index contributed by atoms with van der Waals surface area (Å²) in [6.07, 6.45) is 2.79. The van der Waals surface area contributed by atoms with Crippen LogP contribution in [-0.2, 0) is 25.5 Å². The van der Waals surface area contributed by atoms with Gasteiger partial charge < -0.3 is 33.5 Å². The summed E-state index contributed by atoms with van der Waals surface area (Å²) in [4.78, 5) is 35.9. The van der Waals surface area contributed by atoms with E-state index < -0.39 is 5.97 Å². The first kappa shape index (κ1) is 31.7. The fourth-order valence-electron chi connectivity index (χ4n) is 5.60. The van der Waals surface area contributed by atoms with Crippen molar-refractivity contribution in [3.8, 4) is 34.1 Å². The van der Waals surface area contributed by atoms with E-state index in [4.69, 9.17) is 28.4 Å². The molecular formula is C35H38O10. The molecule has 0 bridgehead atoms. The summed E-state index contributed by atoms with van der Waals surface area (Å²) >= 11 is 0. The molecule has 1 saturated carbocycles. The number of rotatable bonds is 15. The molecular weight excluding hydrogens is 580 g/mol. The number of fused-ring (bicyclic) bond motifs is 1. The lowest BCUT2D eigenvalue weighted by Gasteiger charge is -2.37. The van der Waals surface area contributed by atoms with Crippen molar-refractivity contribution in [1.29, 1.82) is 0 Å². The highest BCUT2D eigenvalue weighted by Crippen LogP contribution is 2.44. The summed E-state index contributed by atoms with van der Waals surface area (Å²) < 4.78 is 33.5. The number of benzene rings is 3. The number of carboxylic acid groups (broad SMARTS) is 1. The highest BCUT2D eigenvalue weighted by molar-refractivity contribution is 5.90. The van der Waals surface area contributed by atoms with Crippen LogP contribution < -0.4 is 18.9 Å². The minimum Gasteiger partial charge on any atom is -0.493 e. The van der Waals surface area contributed by atoms with Crippen LogP contribution in [0.2, 0.25) is 0 Å². The molecule has 3 aromatic carbocycles. The molecule has 0 atom stereocenters. The maximum atomic E-state index is 12.2. The Kier molecular flexibility index (Phi) is 10.4. The molecule has 0 saturated heterocycles. The Hall–Kier alpha value is -4.73. The van der Waals surface area contributed by atoms with Crippen LogP contribution in [-0.4, -0.2) is 55.7 Å². The summed E-state index contributed by atoms with van der Waals surface area (Å²) in [5, 5.41) is 9.77. The zero-order chi connectivity index (χ0) is 31.8. The Morgan fingerprint density at radius 3 is 2.38 bits per heavy atom. The van der Waals surface area contributed by atoms with E-state index in [0.29, 0.717) is 61.2 Å². The van der Waals surface area contributed by atoms with E-state index in [9.17, 15) is 19.5 Å². The number of hydrogen-bond acceptors (Lipinski definition) is 9. The molecule has 0 amide bonds. The van der Waals surface area contributed by atoms with Gasteiger partial charge in [-0.05, 0) is 104 Å². The Balaban J connectivity index is 1.28. The molecule has 1 aliphatic heterocycles. The van der Waals surface area contributed by atoms with Gasteiger partial charge in [0.05, 0.1) is 31.5 Å². The van der Waals surface area contributed by atoms with Gasteiger partial charge in [0.15, 0.2) is 11.5 Å². The van der Waals surface area contributed by atoms with Gasteiger partial charge in [-0.15, -0.1) is 0 Å². The summed E-state index contributed by atoms with van der Waals surface area (Å²) in [5.74, 6) is 1.03. The quantitative estimate of drug-likeness (QED) is 0.153. The lowest BCUT2D eigenvalue weighted by molar-refractivity contribution is -0.144. The first-order valence-electron chi connectivity index (χ1n) is 15.4. The third-order valence-electron chi connectivity index (χ3n) is 7.84. The van der Waals surface area contributed by atoms with E-state index in [-0.39, 0.29) is 49.2 Å². The molecule has 0 aromatic heterocycles. The normalized spacial score (nSPS) is 16.4. The molecule has 0 radical (unpaired) electrons. The summed E-state index contributed by atoms with van der Waals surface area (Å²) in [6.45, 7) is 4.72. The van der Waals surface area contributed by atoms with E-state index in [2.05, 4.69) is 6.07 Å². The maximum absolute atomic E-state index is 12.2. The van der Waals surface area contributed by atoms with Gasteiger partial charge in [0.2, 0.25) is 6.79 Å². The number of carbonyl (C=O) groups is 3.